The fourth-order valence-corrected chi connectivity index (χ4v) is 3.69. The van der Waals surface area contributed by atoms with Gasteiger partial charge in [-0.05, 0) is 11.6 Å². The van der Waals surface area contributed by atoms with Crippen LogP contribution in [-0.4, -0.2) is 34.0 Å². The van der Waals surface area contributed by atoms with Gasteiger partial charge in [0.25, 0.3) is 0 Å². The number of carboxylic acids is 1. The van der Waals surface area contributed by atoms with Gasteiger partial charge in [0.15, 0.2) is 0 Å². The molecule has 1 aromatic carbocycles. The average Bonchev–Trinajstić information content (AvgIpc) is 2.82. The third-order valence-electron chi connectivity index (χ3n) is 3.51. The van der Waals surface area contributed by atoms with Crippen molar-refractivity contribution in [3.05, 3.63) is 51.2 Å². The molecular formula is C15H15FN2O2S. The molecule has 1 aliphatic heterocycles. The average molecular weight is 306 g/mol. The summed E-state index contributed by atoms with van der Waals surface area (Å²) >= 11 is 1.56. The standard InChI is InChI=1S/C15H15FN2O2S/c16-11-4-2-1-3-10(11)7-14-17-12-5-6-18(9-15(19)20)8-13(12)21-14/h1-4H,5-9H2,(H,19,20). The Kier molecular flexibility index (Phi) is 3.98. The molecule has 0 saturated carbocycles. The van der Waals surface area contributed by atoms with Gasteiger partial charge in [0.05, 0.1) is 17.2 Å². The number of rotatable bonds is 4. The van der Waals surface area contributed by atoms with Crippen molar-refractivity contribution >= 4 is 17.3 Å². The van der Waals surface area contributed by atoms with Gasteiger partial charge < -0.3 is 5.11 Å². The minimum atomic E-state index is -0.811. The van der Waals surface area contributed by atoms with E-state index in [-0.39, 0.29) is 12.4 Å². The van der Waals surface area contributed by atoms with Crippen molar-refractivity contribution in [2.45, 2.75) is 19.4 Å². The number of hydrogen-bond donors (Lipinski definition) is 1. The van der Waals surface area contributed by atoms with Crippen molar-refractivity contribution in [2.75, 3.05) is 13.1 Å². The second kappa shape index (κ2) is 5.91. The van der Waals surface area contributed by atoms with Crippen LogP contribution in [0, 0.1) is 5.82 Å². The molecule has 0 unspecified atom stereocenters. The number of halogens is 1. The van der Waals surface area contributed by atoms with Crippen LogP contribution < -0.4 is 0 Å². The van der Waals surface area contributed by atoms with Crippen molar-refractivity contribution in [2.24, 2.45) is 0 Å². The molecule has 4 nitrogen and oxygen atoms in total. The molecule has 0 aliphatic carbocycles. The first-order valence-electron chi connectivity index (χ1n) is 6.77. The normalized spacial score (nSPS) is 14.9. The van der Waals surface area contributed by atoms with Crippen molar-refractivity contribution in [3.8, 4) is 0 Å². The molecule has 2 aromatic rings. The summed E-state index contributed by atoms with van der Waals surface area (Å²) in [7, 11) is 0. The van der Waals surface area contributed by atoms with Crippen LogP contribution >= 0.6 is 11.3 Å². The van der Waals surface area contributed by atoms with Gasteiger partial charge in [0, 0.05) is 30.8 Å². The van der Waals surface area contributed by atoms with Gasteiger partial charge >= 0.3 is 5.97 Å². The molecule has 6 heteroatoms. The second-order valence-electron chi connectivity index (χ2n) is 5.10. The Bertz CT molecular complexity index is 671. The predicted octanol–water partition coefficient (Wildman–Crippen LogP) is 2.32. The molecule has 0 fully saturated rings. The molecule has 1 aliphatic rings. The zero-order valence-electron chi connectivity index (χ0n) is 11.4. The minimum Gasteiger partial charge on any atom is -0.480 e. The van der Waals surface area contributed by atoms with E-state index < -0.39 is 5.97 Å². The summed E-state index contributed by atoms with van der Waals surface area (Å²) in [5, 5.41) is 9.74. The lowest BCUT2D eigenvalue weighted by molar-refractivity contribution is -0.138. The Labute approximate surface area is 125 Å². The third kappa shape index (κ3) is 3.28. The van der Waals surface area contributed by atoms with Crippen molar-refractivity contribution < 1.29 is 14.3 Å². The van der Waals surface area contributed by atoms with Crippen molar-refractivity contribution in [1.29, 1.82) is 0 Å². The molecule has 0 spiro atoms. The Morgan fingerprint density at radius 3 is 3.00 bits per heavy atom. The highest BCUT2D eigenvalue weighted by molar-refractivity contribution is 7.11. The zero-order chi connectivity index (χ0) is 14.8. The van der Waals surface area contributed by atoms with Crippen LogP contribution in [0.25, 0.3) is 0 Å². The molecule has 3 rings (SSSR count). The Balaban J connectivity index is 1.75. The highest BCUT2D eigenvalue weighted by Crippen LogP contribution is 2.27. The summed E-state index contributed by atoms with van der Waals surface area (Å²) in [6.45, 7) is 1.39. The maximum atomic E-state index is 13.7. The van der Waals surface area contributed by atoms with Crippen LogP contribution in [0.3, 0.4) is 0 Å². The molecule has 0 amide bonds. The number of aromatic nitrogens is 1. The third-order valence-corrected chi connectivity index (χ3v) is 4.60. The van der Waals surface area contributed by atoms with E-state index in [0.717, 1.165) is 22.0 Å². The summed E-state index contributed by atoms with van der Waals surface area (Å²) in [5.74, 6) is -1.02. The van der Waals surface area contributed by atoms with Gasteiger partial charge in [-0.15, -0.1) is 11.3 Å². The topological polar surface area (TPSA) is 53.4 Å². The number of hydrogen-bond acceptors (Lipinski definition) is 4. The fraction of sp³-hybridized carbons (Fsp3) is 0.333. The Morgan fingerprint density at radius 2 is 2.24 bits per heavy atom. The van der Waals surface area contributed by atoms with Crippen LogP contribution in [0.2, 0.25) is 0 Å². The lowest BCUT2D eigenvalue weighted by atomic mass is 10.1. The molecular weight excluding hydrogens is 291 g/mol. The van der Waals surface area contributed by atoms with Crippen LogP contribution in [0.15, 0.2) is 24.3 Å². The van der Waals surface area contributed by atoms with E-state index in [1.54, 1.807) is 23.5 Å². The van der Waals surface area contributed by atoms with E-state index in [0.29, 0.717) is 25.1 Å². The minimum absolute atomic E-state index is 0.0555. The van der Waals surface area contributed by atoms with Crippen LogP contribution in [0.1, 0.15) is 21.1 Å². The molecule has 0 saturated heterocycles. The smallest absolute Gasteiger partial charge is 0.317 e. The van der Waals surface area contributed by atoms with Gasteiger partial charge in [0.2, 0.25) is 0 Å². The highest BCUT2D eigenvalue weighted by atomic mass is 32.1. The first kappa shape index (κ1) is 14.2. The van der Waals surface area contributed by atoms with E-state index in [9.17, 15) is 9.18 Å². The number of nitrogens with zero attached hydrogens (tertiary/aromatic N) is 2. The van der Waals surface area contributed by atoms with Crippen LogP contribution in [0.4, 0.5) is 4.39 Å². The first-order valence-corrected chi connectivity index (χ1v) is 7.58. The summed E-state index contributed by atoms with van der Waals surface area (Å²) in [4.78, 5) is 18.4. The SMILES string of the molecule is O=C(O)CN1CCc2nc(Cc3ccccc3F)sc2C1. The molecule has 0 bridgehead atoms. The van der Waals surface area contributed by atoms with Crippen molar-refractivity contribution in [3.63, 3.8) is 0 Å². The van der Waals surface area contributed by atoms with Gasteiger partial charge in [-0.1, -0.05) is 18.2 Å². The second-order valence-corrected chi connectivity index (χ2v) is 6.27. The fourth-order valence-electron chi connectivity index (χ4n) is 2.51. The maximum Gasteiger partial charge on any atom is 0.317 e. The van der Waals surface area contributed by atoms with Crippen LogP contribution in [-0.2, 0) is 24.2 Å². The van der Waals surface area contributed by atoms with E-state index in [2.05, 4.69) is 4.98 Å². The van der Waals surface area contributed by atoms with Crippen molar-refractivity contribution in [1.82, 2.24) is 9.88 Å². The zero-order valence-corrected chi connectivity index (χ0v) is 12.2. The van der Waals surface area contributed by atoms with Crippen LogP contribution in [0.5, 0.6) is 0 Å². The molecule has 21 heavy (non-hydrogen) atoms. The molecule has 2 heterocycles. The van der Waals surface area contributed by atoms with E-state index >= 15 is 0 Å². The van der Waals surface area contributed by atoms with E-state index in [1.807, 2.05) is 11.0 Å². The Hall–Kier alpha value is -1.79. The molecule has 1 aromatic heterocycles. The number of carboxylic acid groups (broad SMARTS) is 1. The van der Waals surface area contributed by atoms with Gasteiger partial charge in [0.1, 0.15) is 5.82 Å². The molecule has 110 valence electrons. The number of aliphatic carboxylic acids is 1. The highest BCUT2D eigenvalue weighted by Gasteiger charge is 2.22. The summed E-state index contributed by atoms with van der Waals surface area (Å²) < 4.78 is 13.7. The summed E-state index contributed by atoms with van der Waals surface area (Å²) in [5.41, 5.74) is 1.68. The van der Waals surface area contributed by atoms with E-state index in [4.69, 9.17) is 5.11 Å². The monoisotopic (exact) mass is 306 g/mol. The Morgan fingerprint density at radius 1 is 1.43 bits per heavy atom. The summed E-state index contributed by atoms with van der Waals surface area (Å²) in [6, 6.07) is 6.72. The van der Waals surface area contributed by atoms with Gasteiger partial charge in [-0.3, -0.25) is 9.69 Å². The van der Waals surface area contributed by atoms with Gasteiger partial charge in [-0.25, -0.2) is 9.37 Å². The maximum absolute atomic E-state index is 13.7. The van der Waals surface area contributed by atoms with Gasteiger partial charge in [-0.2, -0.15) is 0 Å². The number of fused-ring (bicyclic) bond motifs is 1. The molecule has 1 N–H and O–H groups in total. The quantitative estimate of drug-likeness (QED) is 0.942. The first-order chi connectivity index (χ1) is 10.1. The lowest BCUT2D eigenvalue weighted by Crippen LogP contribution is -2.34. The number of carbonyl (C=O) groups is 1. The lowest BCUT2D eigenvalue weighted by Gasteiger charge is -2.23. The molecule has 0 atom stereocenters. The molecule has 0 radical (unpaired) electrons. The number of benzene rings is 1. The summed E-state index contributed by atoms with van der Waals surface area (Å²) in [6.07, 6.45) is 1.25. The largest absolute Gasteiger partial charge is 0.480 e. The number of thiazole rings is 1. The predicted molar refractivity (Wildman–Crippen MR) is 77.9 cm³/mol. The van der Waals surface area contributed by atoms with E-state index in [1.165, 1.54) is 6.07 Å².